The Balaban J connectivity index is 1.49. The fourth-order valence-electron chi connectivity index (χ4n) is 3.08. The summed E-state index contributed by atoms with van der Waals surface area (Å²) in [7, 11) is 0. The number of pyridine rings is 2. The van der Waals surface area contributed by atoms with Crippen LogP contribution in [-0.4, -0.2) is 25.3 Å². The van der Waals surface area contributed by atoms with E-state index in [0.29, 0.717) is 6.54 Å². The molecule has 0 saturated heterocycles. The van der Waals surface area contributed by atoms with Gasteiger partial charge >= 0.3 is 0 Å². The molecule has 0 atom stereocenters. The molecule has 0 unspecified atom stereocenters. The van der Waals surface area contributed by atoms with E-state index in [1.807, 2.05) is 58.7 Å². The Morgan fingerprint density at radius 1 is 1.08 bits per heavy atom. The average Bonchev–Trinajstić information content (AvgIpc) is 3.48. The van der Waals surface area contributed by atoms with Crippen molar-refractivity contribution < 1.29 is 0 Å². The maximum absolute atomic E-state index is 9.41. The molecule has 26 heavy (non-hydrogen) atoms. The van der Waals surface area contributed by atoms with Crippen LogP contribution in [0.3, 0.4) is 0 Å². The average molecular weight is 341 g/mol. The summed E-state index contributed by atoms with van der Waals surface area (Å²) in [5.41, 5.74) is 3.97. The molecule has 0 aromatic carbocycles. The Kier molecular flexibility index (Phi) is 3.81. The Labute approximate surface area is 153 Å². The molecule has 5 heteroatoms. The molecule has 1 fully saturated rings. The second-order valence-electron chi connectivity index (χ2n) is 6.59. The topological polar surface area (TPSA) is 56.1 Å². The standard InChI is InChI=1S/C21H19N5/c1-16-17(2)26(21(15-22)8-9-21)12-11-25(16)14-19-7-6-18(13-24-19)20-5-3-4-10-23-20/h3-7,10-13H,1-2,8-9,14H2. The molecule has 1 saturated carbocycles. The second-order valence-corrected chi connectivity index (χ2v) is 6.59. The van der Waals surface area contributed by atoms with Crippen LogP contribution >= 0.6 is 0 Å². The van der Waals surface area contributed by atoms with Gasteiger partial charge in [0.1, 0.15) is 5.54 Å². The molecule has 0 N–H and O–H groups in total. The van der Waals surface area contributed by atoms with Crippen molar-refractivity contribution in [2.75, 3.05) is 0 Å². The Bertz CT molecular complexity index is 917. The first-order chi connectivity index (χ1) is 12.6. The smallest absolute Gasteiger partial charge is 0.132 e. The van der Waals surface area contributed by atoms with E-state index in [-0.39, 0.29) is 0 Å². The molecule has 0 radical (unpaired) electrons. The minimum Gasteiger partial charge on any atom is -0.339 e. The van der Waals surface area contributed by atoms with E-state index < -0.39 is 5.54 Å². The largest absolute Gasteiger partial charge is 0.339 e. The van der Waals surface area contributed by atoms with E-state index in [1.54, 1.807) is 6.20 Å². The molecule has 2 aromatic rings. The minimum atomic E-state index is -0.425. The van der Waals surface area contributed by atoms with Crippen molar-refractivity contribution in [3.63, 3.8) is 0 Å². The summed E-state index contributed by atoms with van der Waals surface area (Å²) >= 11 is 0. The van der Waals surface area contributed by atoms with Crippen LogP contribution in [0.15, 0.2) is 79.7 Å². The number of aromatic nitrogens is 2. The maximum atomic E-state index is 9.41. The molecular weight excluding hydrogens is 322 g/mol. The van der Waals surface area contributed by atoms with Crippen molar-refractivity contribution in [3.05, 3.63) is 85.4 Å². The van der Waals surface area contributed by atoms with Gasteiger partial charge in [0, 0.05) is 30.4 Å². The van der Waals surface area contributed by atoms with E-state index in [1.165, 1.54) is 0 Å². The lowest BCUT2D eigenvalue weighted by atomic mass is 10.1. The number of rotatable bonds is 4. The lowest BCUT2D eigenvalue weighted by Gasteiger charge is -2.37. The second kappa shape index (κ2) is 6.16. The molecule has 1 aliphatic heterocycles. The zero-order chi connectivity index (χ0) is 18.1. The van der Waals surface area contributed by atoms with Crippen LogP contribution in [0.2, 0.25) is 0 Å². The summed E-state index contributed by atoms with van der Waals surface area (Å²) in [6, 6.07) is 12.2. The van der Waals surface area contributed by atoms with Crippen LogP contribution < -0.4 is 0 Å². The van der Waals surface area contributed by atoms with Crippen LogP contribution in [0, 0.1) is 11.3 Å². The van der Waals surface area contributed by atoms with Crippen molar-refractivity contribution in [1.29, 1.82) is 5.26 Å². The van der Waals surface area contributed by atoms with Crippen LogP contribution in [-0.2, 0) is 6.54 Å². The van der Waals surface area contributed by atoms with Crippen LogP contribution in [0.4, 0.5) is 0 Å². The molecule has 0 spiro atoms. The maximum Gasteiger partial charge on any atom is 0.132 e. The predicted molar refractivity (Wildman–Crippen MR) is 99.8 cm³/mol. The summed E-state index contributed by atoms with van der Waals surface area (Å²) in [6.07, 6.45) is 9.23. The molecule has 5 nitrogen and oxygen atoms in total. The minimum absolute atomic E-state index is 0.425. The van der Waals surface area contributed by atoms with Crippen molar-refractivity contribution in [1.82, 2.24) is 19.8 Å². The molecule has 3 heterocycles. The summed E-state index contributed by atoms with van der Waals surface area (Å²) in [4.78, 5) is 12.9. The number of nitriles is 1. The van der Waals surface area contributed by atoms with Gasteiger partial charge in [-0.15, -0.1) is 0 Å². The fraction of sp³-hybridized carbons (Fsp3) is 0.190. The first-order valence-corrected chi connectivity index (χ1v) is 8.53. The van der Waals surface area contributed by atoms with E-state index in [0.717, 1.165) is 41.2 Å². The van der Waals surface area contributed by atoms with Gasteiger partial charge in [0.2, 0.25) is 0 Å². The highest BCUT2D eigenvalue weighted by Crippen LogP contribution is 2.45. The predicted octanol–water partition coefficient (Wildman–Crippen LogP) is 3.82. The van der Waals surface area contributed by atoms with Gasteiger partial charge in [0.15, 0.2) is 0 Å². The summed E-state index contributed by atoms with van der Waals surface area (Å²) in [5, 5.41) is 9.41. The van der Waals surface area contributed by atoms with E-state index >= 15 is 0 Å². The molecular formula is C21H19N5. The lowest BCUT2D eigenvalue weighted by Crippen LogP contribution is -2.37. The van der Waals surface area contributed by atoms with Crippen molar-refractivity contribution in [3.8, 4) is 17.3 Å². The highest BCUT2D eigenvalue weighted by Gasteiger charge is 2.50. The highest BCUT2D eigenvalue weighted by atomic mass is 15.3. The third kappa shape index (κ3) is 2.76. The molecule has 0 amide bonds. The summed E-state index contributed by atoms with van der Waals surface area (Å²) in [6.45, 7) is 8.88. The van der Waals surface area contributed by atoms with Gasteiger partial charge in [0.25, 0.3) is 0 Å². The van der Waals surface area contributed by atoms with Gasteiger partial charge in [0.05, 0.1) is 35.4 Å². The van der Waals surface area contributed by atoms with Crippen molar-refractivity contribution in [2.45, 2.75) is 24.9 Å². The first kappa shape index (κ1) is 16.1. The van der Waals surface area contributed by atoms with Crippen LogP contribution in [0.1, 0.15) is 18.5 Å². The van der Waals surface area contributed by atoms with Gasteiger partial charge < -0.3 is 9.80 Å². The zero-order valence-corrected chi connectivity index (χ0v) is 14.5. The van der Waals surface area contributed by atoms with Gasteiger partial charge in [-0.05, 0) is 37.1 Å². The van der Waals surface area contributed by atoms with Gasteiger partial charge in [-0.1, -0.05) is 19.2 Å². The quantitative estimate of drug-likeness (QED) is 0.846. The summed E-state index contributed by atoms with van der Waals surface area (Å²) < 4.78 is 0. The first-order valence-electron chi connectivity index (χ1n) is 8.53. The normalized spacial score (nSPS) is 18.0. The lowest BCUT2D eigenvalue weighted by molar-refractivity contribution is 0.321. The van der Waals surface area contributed by atoms with Crippen LogP contribution in [0.5, 0.6) is 0 Å². The molecule has 1 aliphatic carbocycles. The molecule has 2 aromatic heterocycles. The fourth-order valence-corrected chi connectivity index (χ4v) is 3.08. The van der Waals surface area contributed by atoms with E-state index in [4.69, 9.17) is 0 Å². The van der Waals surface area contributed by atoms with Crippen molar-refractivity contribution >= 4 is 0 Å². The monoisotopic (exact) mass is 341 g/mol. The Morgan fingerprint density at radius 3 is 2.54 bits per heavy atom. The molecule has 4 rings (SSSR count). The Hall–Kier alpha value is -3.39. The third-order valence-corrected chi connectivity index (χ3v) is 4.88. The van der Waals surface area contributed by atoms with Gasteiger partial charge in [-0.2, -0.15) is 5.26 Å². The van der Waals surface area contributed by atoms with Gasteiger partial charge in [-0.3, -0.25) is 9.97 Å². The third-order valence-electron chi connectivity index (χ3n) is 4.88. The van der Waals surface area contributed by atoms with E-state index in [9.17, 15) is 5.26 Å². The number of nitrogens with zero attached hydrogens (tertiary/aromatic N) is 5. The van der Waals surface area contributed by atoms with Crippen molar-refractivity contribution in [2.24, 2.45) is 0 Å². The molecule has 0 bridgehead atoms. The highest BCUT2D eigenvalue weighted by molar-refractivity contribution is 5.57. The summed E-state index contributed by atoms with van der Waals surface area (Å²) in [5.74, 6) is 0. The Morgan fingerprint density at radius 2 is 1.92 bits per heavy atom. The molecule has 128 valence electrons. The SMILES string of the molecule is C=C1C(=C)N(C2(C#N)CC2)C=CN1Cc1ccc(-c2ccccn2)cn1. The molecule has 2 aliphatic rings. The number of hydrogen-bond acceptors (Lipinski definition) is 5. The van der Waals surface area contributed by atoms with Gasteiger partial charge in [-0.25, -0.2) is 0 Å². The number of hydrogen-bond donors (Lipinski definition) is 0. The van der Waals surface area contributed by atoms with Crippen LogP contribution in [0.25, 0.3) is 11.3 Å². The van der Waals surface area contributed by atoms with E-state index in [2.05, 4.69) is 29.2 Å². The zero-order valence-electron chi connectivity index (χ0n) is 14.5.